The second-order valence-electron chi connectivity index (χ2n) is 12.6. The third-order valence-corrected chi connectivity index (χ3v) is 9.14. The summed E-state index contributed by atoms with van der Waals surface area (Å²) in [5, 5.41) is 0. The minimum atomic E-state index is 0.834. The van der Waals surface area contributed by atoms with E-state index < -0.39 is 0 Å². The Labute approximate surface area is 302 Å². The van der Waals surface area contributed by atoms with Crippen LogP contribution in [0.5, 0.6) is 0 Å². The van der Waals surface area contributed by atoms with E-state index in [1.165, 1.54) is 27.8 Å². The molecular weight excluding hydrogens is 615 g/mol. The van der Waals surface area contributed by atoms with E-state index in [0.29, 0.717) is 0 Å². The van der Waals surface area contributed by atoms with Crippen molar-refractivity contribution in [1.82, 2.24) is 0 Å². The van der Waals surface area contributed by atoms with Crippen LogP contribution in [-0.2, 0) is 6.42 Å². The van der Waals surface area contributed by atoms with Crippen molar-refractivity contribution in [2.75, 3.05) is 0 Å². The number of nitrogens with zero attached hydrogens (tertiary/aromatic N) is 1. The van der Waals surface area contributed by atoms with Crippen LogP contribution in [0.2, 0.25) is 0 Å². The molecule has 0 N–H and O–H groups in total. The van der Waals surface area contributed by atoms with E-state index >= 15 is 0 Å². The standard InChI is InChI=1S/C50H39N/c1-3-39(40-21-11-5-12-22-40)36-50(43-27-17-8-18-28-43)51-37(2)46-32-47(42-25-15-7-16-26-42)34-48(33-46)49-35-44(41-23-13-6-14-24-41)29-30-45(49)31-38-19-9-4-10-20-38/h4-30,32-36H,1,31H2,2H3/b50-36-,51-37?. The lowest BCUT2D eigenvalue weighted by Gasteiger charge is -2.16. The van der Waals surface area contributed by atoms with Crippen molar-refractivity contribution in [3.8, 4) is 33.4 Å². The Morgan fingerprint density at radius 3 is 1.65 bits per heavy atom. The largest absolute Gasteiger partial charge is 0.252 e. The van der Waals surface area contributed by atoms with E-state index in [2.05, 4.69) is 189 Å². The van der Waals surface area contributed by atoms with Gasteiger partial charge in [-0.1, -0.05) is 170 Å². The van der Waals surface area contributed by atoms with Crippen LogP contribution in [0.3, 0.4) is 0 Å². The zero-order chi connectivity index (χ0) is 34.8. The summed E-state index contributed by atoms with van der Waals surface area (Å²) >= 11 is 0. The van der Waals surface area contributed by atoms with Crippen molar-refractivity contribution >= 4 is 17.0 Å². The molecule has 0 radical (unpaired) electrons. The quantitative estimate of drug-likeness (QED) is 0.0791. The highest BCUT2D eigenvalue weighted by Crippen LogP contribution is 2.35. The molecule has 0 saturated heterocycles. The Morgan fingerprint density at radius 1 is 0.510 bits per heavy atom. The van der Waals surface area contributed by atoms with Crippen LogP contribution in [0.15, 0.2) is 211 Å². The topological polar surface area (TPSA) is 12.4 Å². The van der Waals surface area contributed by atoms with Crippen molar-refractivity contribution in [1.29, 1.82) is 0 Å². The SMILES string of the molecule is C=C=C(/C=C(\N=C(C)c1cc(-c2ccccc2)cc(-c2cc(-c3ccccc3)ccc2Cc2ccccc2)c1)c1ccccc1)c1ccccc1. The zero-order valence-corrected chi connectivity index (χ0v) is 28.8. The Kier molecular flexibility index (Phi) is 10.2. The Bertz CT molecular complexity index is 2350. The summed E-state index contributed by atoms with van der Waals surface area (Å²) in [6.45, 7) is 6.13. The van der Waals surface area contributed by atoms with Crippen LogP contribution in [0.1, 0.15) is 34.7 Å². The fourth-order valence-corrected chi connectivity index (χ4v) is 6.44. The molecule has 7 aromatic carbocycles. The minimum absolute atomic E-state index is 0.834. The highest BCUT2D eigenvalue weighted by Gasteiger charge is 2.14. The molecule has 0 aliphatic rings. The predicted octanol–water partition coefficient (Wildman–Crippen LogP) is 13.0. The second kappa shape index (κ2) is 15.8. The van der Waals surface area contributed by atoms with E-state index in [1.54, 1.807) is 0 Å². The third kappa shape index (κ3) is 8.03. The Balaban J connectivity index is 1.41. The van der Waals surface area contributed by atoms with Crippen molar-refractivity contribution in [2.45, 2.75) is 13.3 Å². The van der Waals surface area contributed by atoms with Crippen LogP contribution < -0.4 is 0 Å². The van der Waals surface area contributed by atoms with Crippen molar-refractivity contribution in [2.24, 2.45) is 4.99 Å². The van der Waals surface area contributed by atoms with Gasteiger partial charge in [0.25, 0.3) is 0 Å². The van der Waals surface area contributed by atoms with Gasteiger partial charge in [0.15, 0.2) is 0 Å². The number of rotatable bonds is 10. The average molecular weight is 654 g/mol. The summed E-state index contributed by atoms with van der Waals surface area (Å²) in [5.41, 5.74) is 18.6. The molecule has 7 aromatic rings. The molecular formula is C50H39N. The summed E-state index contributed by atoms with van der Waals surface area (Å²) in [4.78, 5) is 5.34. The summed E-state index contributed by atoms with van der Waals surface area (Å²) in [6, 6.07) is 66.3. The summed E-state index contributed by atoms with van der Waals surface area (Å²) in [7, 11) is 0. The molecule has 244 valence electrons. The van der Waals surface area contributed by atoms with E-state index in [0.717, 1.165) is 56.8 Å². The molecule has 1 nitrogen and oxygen atoms in total. The third-order valence-electron chi connectivity index (χ3n) is 9.14. The summed E-state index contributed by atoms with van der Waals surface area (Å²) in [6.07, 6.45) is 2.92. The molecule has 0 unspecified atom stereocenters. The molecule has 0 atom stereocenters. The molecule has 0 aromatic heterocycles. The van der Waals surface area contributed by atoms with Crippen molar-refractivity contribution in [3.05, 3.63) is 234 Å². The normalized spacial score (nSPS) is 11.5. The molecule has 0 spiro atoms. The van der Waals surface area contributed by atoms with Crippen LogP contribution in [0, 0.1) is 0 Å². The Hall–Kier alpha value is -6.53. The van der Waals surface area contributed by atoms with Gasteiger partial charge in [-0.3, -0.25) is 4.99 Å². The van der Waals surface area contributed by atoms with Crippen LogP contribution >= 0.6 is 0 Å². The molecule has 1 heteroatoms. The minimum Gasteiger partial charge on any atom is -0.252 e. The fraction of sp³-hybridized carbons (Fsp3) is 0.0400. The summed E-state index contributed by atoms with van der Waals surface area (Å²) in [5.74, 6) is 0. The maximum absolute atomic E-state index is 5.34. The lowest BCUT2D eigenvalue weighted by Crippen LogP contribution is -2.00. The second-order valence-corrected chi connectivity index (χ2v) is 12.6. The average Bonchev–Trinajstić information content (AvgIpc) is 3.21. The molecule has 0 amide bonds. The number of benzene rings is 7. The van der Waals surface area contributed by atoms with Crippen LogP contribution in [0.4, 0.5) is 0 Å². The number of aliphatic imine (C=N–C) groups is 1. The fourth-order valence-electron chi connectivity index (χ4n) is 6.44. The van der Waals surface area contributed by atoms with Gasteiger partial charge in [0.05, 0.1) is 5.70 Å². The molecule has 0 saturated carbocycles. The van der Waals surface area contributed by atoms with Gasteiger partial charge in [0.2, 0.25) is 0 Å². The first-order valence-corrected chi connectivity index (χ1v) is 17.4. The van der Waals surface area contributed by atoms with Crippen molar-refractivity contribution in [3.63, 3.8) is 0 Å². The van der Waals surface area contributed by atoms with Gasteiger partial charge in [0, 0.05) is 16.8 Å². The van der Waals surface area contributed by atoms with E-state index in [1.807, 2.05) is 24.3 Å². The van der Waals surface area contributed by atoms with Crippen LogP contribution in [0.25, 0.3) is 44.7 Å². The highest BCUT2D eigenvalue weighted by atomic mass is 14.8. The van der Waals surface area contributed by atoms with Gasteiger partial charge < -0.3 is 0 Å². The van der Waals surface area contributed by atoms with Gasteiger partial charge >= 0.3 is 0 Å². The van der Waals surface area contributed by atoms with Gasteiger partial charge in [0.1, 0.15) is 0 Å². The first kappa shape index (κ1) is 33.0. The summed E-state index contributed by atoms with van der Waals surface area (Å²) < 4.78 is 0. The maximum atomic E-state index is 5.34. The van der Waals surface area contributed by atoms with E-state index in [9.17, 15) is 0 Å². The smallest absolute Gasteiger partial charge is 0.0717 e. The van der Waals surface area contributed by atoms with Gasteiger partial charge in [-0.2, -0.15) is 0 Å². The molecule has 7 rings (SSSR count). The highest BCUT2D eigenvalue weighted by molar-refractivity contribution is 6.04. The van der Waals surface area contributed by atoms with Crippen LogP contribution in [-0.4, -0.2) is 5.71 Å². The van der Waals surface area contributed by atoms with E-state index in [4.69, 9.17) is 4.99 Å². The number of allylic oxidation sites excluding steroid dienone is 2. The van der Waals surface area contributed by atoms with Gasteiger partial charge in [-0.05, 0) is 99.3 Å². The maximum Gasteiger partial charge on any atom is 0.0717 e. The number of hydrogen-bond acceptors (Lipinski definition) is 1. The van der Waals surface area contributed by atoms with E-state index in [-0.39, 0.29) is 0 Å². The zero-order valence-electron chi connectivity index (χ0n) is 28.8. The lowest BCUT2D eigenvalue weighted by molar-refractivity contribution is 1.19. The molecule has 0 aliphatic carbocycles. The van der Waals surface area contributed by atoms with Gasteiger partial charge in [-0.25, -0.2) is 0 Å². The molecule has 51 heavy (non-hydrogen) atoms. The first-order chi connectivity index (χ1) is 25.1. The van der Waals surface area contributed by atoms with Gasteiger partial charge in [-0.15, -0.1) is 5.73 Å². The predicted molar refractivity (Wildman–Crippen MR) is 218 cm³/mol. The molecule has 0 heterocycles. The lowest BCUT2D eigenvalue weighted by atomic mass is 9.88. The van der Waals surface area contributed by atoms with Crippen molar-refractivity contribution < 1.29 is 0 Å². The molecule has 0 fully saturated rings. The monoisotopic (exact) mass is 653 g/mol. The molecule has 0 aliphatic heterocycles. The first-order valence-electron chi connectivity index (χ1n) is 17.4. The Morgan fingerprint density at radius 2 is 1.04 bits per heavy atom. The molecule has 0 bridgehead atoms. The number of hydrogen-bond donors (Lipinski definition) is 0.